The van der Waals surface area contributed by atoms with Gasteiger partial charge in [-0.1, -0.05) is 0 Å². The molecule has 3 N–H and O–H groups in total. The van der Waals surface area contributed by atoms with Gasteiger partial charge in [-0.05, 0) is 13.8 Å². The first-order valence-electron chi connectivity index (χ1n) is 2.85. The Morgan fingerprint density at radius 1 is 1.80 bits per heavy atom. The van der Waals surface area contributed by atoms with E-state index < -0.39 is 6.04 Å². The molecular formula is C5H13ClN2O2. The van der Waals surface area contributed by atoms with Gasteiger partial charge < -0.3 is 4.74 Å². The van der Waals surface area contributed by atoms with Crippen LogP contribution in [0.15, 0.2) is 0 Å². The average molecular weight is 169 g/mol. The van der Waals surface area contributed by atoms with Gasteiger partial charge in [-0.2, -0.15) is 0 Å². The molecule has 0 aliphatic rings. The Hall–Kier alpha value is -0.320. The summed E-state index contributed by atoms with van der Waals surface area (Å²) in [6.07, 6.45) is 0. The van der Waals surface area contributed by atoms with Crippen molar-refractivity contribution < 1.29 is 9.53 Å². The standard InChI is InChI=1S/C5H12N2O2.ClH/c1-3-9-5(8)4(2)7-6;/h4,7H,3,6H2,1-2H3;1H. The molecule has 5 heteroatoms. The zero-order valence-electron chi connectivity index (χ0n) is 6.09. The number of hydrogen-bond acceptors (Lipinski definition) is 4. The maximum absolute atomic E-state index is 10.6. The first-order chi connectivity index (χ1) is 4.22. The molecule has 0 saturated carbocycles. The summed E-state index contributed by atoms with van der Waals surface area (Å²) in [4.78, 5) is 10.6. The van der Waals surface area contributed by atoms with Gasteiger partial charge in [0.25, 0.3) is 0 Å². The van der Waals surface area contributed by atoms with Gasteiger partial charge in [-0.15, -0.1) is 12.4 Å². The van der Waals surface area contributed by atoms with E-state index in [0.717, 1.165) is 0 Å². The van der Waals surface area contributed by atoms with E-state index in [-0.39, 0.29) is 18.4 Å². The number of halogens is 1. The number of nitrogens with one attached hydrogen (secondary N) is 1. The number of hydrogen-bond donors (Lipinski definition) is 2. The molecule has 0 aromatic heterocycles. The summed E-state index contributed by atoms with van der Waals surface area (Å²) in [7, 11) is 0. The Morgan fingerprint density at radius 2 is 2.30 bits per heavy atom. The highest BCUT2D eigenvalue weighted by atomic mass is 35.5. The van der Waals surface area contributed by atoms with Gasteiger partial charge in [0, 0.05) is 0 Å². The average Bonchev–Trinajstić information content (AvgIpc) is 1.87. The largest absolute Gasteiger partial charge is 0.465 e. The quantitative estimate of drug-likeness (QED) is 0.349. The molecule has 0 bridgehead atoms. The number of ether oxygens (including phenoxy) is 1. The summed E-state index contributed by atoms with van der Waals surface area (Å²) in [6, 6.07) is -0.412. The highest BCUT2D eigenvalue weighted by molar-refractivity contribution is 5.85. The van der Waals surface area contributed by atoms with Crippen molar-refractivity contribution in [3.8, 4) is 0 Å². The molecule has 0 radical (unpaired) electrons. The van der Waals surface area contributed by atoms with Gasteiger partial charge in [0.2, 0.25) is 0 Å². The lowest BCUT2D eigenvalue weighted by atomic mass is 10.4. The van der Waals surface area contributed by atoms with Crippen molar-refractivity contribution in [3.05, 3.63) is 0 Å². The third kappa shape index (κ3) is 4.55. The molecule has 0 rings (SSSR count). The van der Waals surface area contributed by atoms with Crippen LogP contribution in [0.5, 0.6) is 0 Å². The zero-order valence-corrected chi connectivity index (χ0v) is 6.90. The van der Waals surface area contributed by atoms with E-state index in [4.69, 9.17) is 5.84 Å². The van der Waals surface area contributed by atoms with Crippen LogP contribution < -0.4 is 11.3 Å². The van der Waals surface area contributed by atoms with Gasteiger partial charge >= 0.3 is 5.97 Å². The lowest BCUT2D eigenvalue weighted by Gasteiger charge is -2.07. The summed E-state index contributed by atoms with van der Waals surface area (Å²) in [5.74, 6) is 4.63. The second-order valence-corrected chi connectivity index (χ2v) is 1.64. The third-order valence-corrected chi connectivity index (χ3v) is 0.890. The van der Waals surface area contributed by atoms with E-state index in [2.05, 4.69) is 10.2 Å². The van der Waals surface area contributed by atoms with Crippen LogP contribution >= 0.6 is 12.4 Å². The molecule has 62 valence electrons. The Kier molecular flexibility index (Phi) is 8.40. The van der Waals surface area contributed by atoms with Gasteiger partial charge in [0.05, 0.1) is 6.61 Å². The van der Waals surface area contributed by atoms with Gasteiger partial charge in [0.1, 0.15) is 6.04 Å². The van der Waals surface area contributed by atoms with Crippen molar-refractivity contribution in [2.24, 2.45) is 5.84 Å². The molecule has 0 fully saturated rings. The summed E-state index contributed by atoms with van der Waals surface area (Å²) in [5, 5.41) is 0. The second-order valence-electron chi connectivity index (χ2n) is 1.64. The fraction of sp³-hybridized carbons (Fsp3) is 0.800. The zero-order chi connectivity index (χ0) is 7.28. The molecular weight excluding hydrogens is 156 g/mol. The van der Waals surface area contributed by atoms with Crippen LogP contribution in [-0.2, 0) is 9.53 Å². The highest BCUT2D eigenvalue weighted by Gasteiger charge is 2.09. The number of carbonyl (C=O) groups is 1. The second kappa shape index (κ2) is 6.80. The highest BCUT2D eigenvalue weighted by Crippen LogP contribution is 1.83. The Morgan fingerprint density at radius 3 is 2.60 bits per heavy atom. The number of carbonyl (C=O) groups excluding carboxylic acids is 1. The van der Waals surface area contributed by atoms with Gasteiger partial charge in [-0.3, -0.25) is 10.6 Å². The van der Waals surface area contributed by atoms with Crippen molar-refractivity contribution in [1.82, 2.24) is 5.43 Å². The van der Waals surface area contributed by atoms with Crippen LogP contribution in [0.4, 0.5) is 0 Å². The minimum atomic E-state index is -0.412. The Labute approximate surface area is 66.5 Å². The Balaban J connectivity index is 0. The number of nitrogens with two attached hydrogens (primary N) is 1. The molecule has 0 amide bonds. The van der Waals surface area contributed by atoms with E-state index >= 15 is 0 Å². The fourth-order valence-corrected chi connectivity index (χ4v) is 0.335. The van der Waals surface area contributed by atoms with E-state index in [0.29, 0.717) is 6.61 Å². The van der Waals surface area contributed by atoms with Crippen molar-refractivity contribution in [3.63, 3.8) is 0 Å². The lowest BCUT2D eigenvalue weighted by Crippen LogP contribution is -2.39. The number of rotatable bonds is 3. The predicted octanol–water partition coefficient (Wildman–Crippen LogP) is -0.177. The maximum Gasteiger partial charge on any atom is 0.324 e. The molecule has 0 aliphatic heterocycles. The van der Waals surface area contributed by atoms with Crippen LogP contribution in [-0.4, -0.2) is 18.6 Å². The summed E-state index contributed by atoms with van der Waals surface area (Å²) in [5.41, 5.74) is 2.27. The van der Waals surface area contributed by atoms with Crippen LogP contribution in [0.1, 0.15) is 13.8 Å². The first kappa shape index (κ1) is 12.4. The first-order valence-corrected chi connectivity index (χ1v) is 2.85. The van der Waals surface area contributed by atoms with E-state index in [9.17, 15) is 4.79 Å². The molecule has 4 nitrogen and oxygen atoms in total. The molecule has 0 aromatic rings. The molecule has 0 aliphatic carbocycles. The van der Waals surface area contributed by atoms with Crippen molar-refractivity contribution in [2.45, 2.75) is 19.9 Å². The van der Waals surface area contributed by atoms with Crippen LogP contribution in [0.25, 0.3) is 0 Å². The van der Waals surface area contributed by atoms with E-state index in [1.165, 1.54) is 0 Å². The topological polar surface area (TPSA) is 64.3 Å². The normalized spacial score (nSPS) is 11.5. The van der Waals surface area contributed by atoms with Crippen molar-refractivity contribution in [2.75, 3.05) is 6.61 Å². The van der Waals surface area contributed by atoms with Crippen LogP contribution in [0, 0.1) is 0 Å². The summed E-state index contributed by atoms with van der Waals surface area (Å²) < 4.78 is 4.61. The number of hydrazine groups is 1. The fourth-order valence-electron chi connectivity index (χ4n) is 0.335. The van der Waals surface area contributed by atoms with Crippen molar-refractivity contribution >= 4 is 18.4 Å². The summed E-state index contributed by atoms with van der Waals surface area (Å²) in [6.45, 7) is 3.78. The third-order valence-electron chi connectivity index (χ3n) is 0.890. The minimum Gasteiger partial charge on any atom is -0.465 e. The van der Waals surface area contributed by atoms with Crippen molar-refractivity contribution in [1.29, 1.82) is 0 Å². The van der Waals surface area contributed by atoms with Crippen LogP contribution in [0.3, 0.4) is 0 Å². The molecule has 0 spiro atoms. The lowest BCUT2D eigenvalue weighted by molar-refractivity contribution is -0.145. The predicted molar refractivity (Wildman–Crippen MR) is 40.7 cm³/mol. The van der Waals surface area contributed by atoms with Gasteiger partial charge in [-0.25, -0.2) is 5.43 Å². The van der Waals surface area contributed by atoms with E-state index in [1.54, 1.807) is 13.8 Å². The molecule has 0 aromatic carbocycles. The SMILES string of the molecule is CCOC(=O)C(C)NN.Cl. The Bertz CT molecular complexity index is 99.6. The molecule has 0 heterocycles. The molecule has 10 heavy (non-hydrogen) atoms. The minimum absolute atomic E-state index is 0. The summed E-state index contributed by atoms with van der Waals surface area (Å²) >= 11 is 0. The smallest absolute Gasteiger partial charge is 0.324 e. The number of esters is 1. The molecule has 1 unspecified atom stereocenters. The monoisotopic (exact) mass is 168 g/mol. The van der Waals surface area contributed by atoms with Crippen LogP contribution in [0.2, 0.25) is 0 Å². The maximum atomic E-state index is 10.6. The van der Waals surface area contributed by atoms with E-state index in [1.807, 2.05) is 0 Å². The molecule has 0 saturated heterocycles. The van der Waals surface area contributed by atoms with Gasteiger partial charge in [0.15, 0.2) is 0 Å². The molecule has 1 atom stereocenters.